The van der Waals surface area contributed by atoms with E-state index in [4.69, 9.17) is 27.9 Å². The van der Waals surface area contributed by atoms with E-state index < -0.39 is 0 Å². The lowest BCUT2D eigenvalue weighted by molar-refractivity contribution is -0.0371. The number of benzene rings is 2. The Morgan fingerprint density at radius 1 is 1.04 bits per heavy atom. The zero-order chi connectivity index (χ0) is 19.7. The molecule has 5 heteroatoms. The number of carbonyl (C=O) groups is 1. The normalized spacial score (nSPS) is 26.5. The fourth-order valence-electron chi connectivity index (χ4n) is 4.90. The van der Waals surface area contributed by atoms with E-state index in [1.165, 1.54) is 32.1 Å². The number of rotatable bonds is 3. The summed E-state index contributed by atoms with van der Waals surface area (Å²) in [6, 6.07) is 12.9. The first-order valence-electron chi connectivity index (χ1n) is 10.0. The van der Waals surface area contributed by atoms with E-state index in [9.17, 15) is 4.79 Å². The SMILES string of the molecule is CC1CC2CCCC(C1)C2OC(=O)Nc1ccc(-c2cc(Cl)ccc2Cl)cc1. The van der Waals surface area contributed by atoms with Gasteiger partial charge in [-0.05, 0) is 79.3 Å². The summed E-state index contributed by atoms with van der Waals surface area (Å²) in [5, 5.41) is 4.15. The number of carbonyl (C=O) groups excluding carboxylic acids is 1. The summed E-state index contributed by atoms with van der Waals surface area (Å²) in [5.74, 6) is 1.77. The minimum absolute atomic E-state index is 0.0643. The summed E-state index contributed by atoms with van der Waals surface area (Å²) < 4.78 is 5.87. The molecule has 2 bridgehead atoms. The third kappa shape index (κ3) is 4.31. The van der Waals surface area contributed by atoms with Gasteiger partial charge in [0.1, 0.15) is 6.10 Å². The van der Waals surface area contributed by atoms with Crippen LogP contribution in [0.4, 0.5) is 10.5 Å². The Hall–Kier alpha value is -1.71. The van der Waals surface area contributed by atoms with Crippen molar-refractivity contribution in [3.05, 3.63) is 52.5 Å². The van der Waals surface area contributed by atoms with Gasteiger partial charge in [-0.2, -0.15) is 0 Å². The number of anilines is 1. The van der Waals surface area contributed by atoms with Crippen molar-refractivity contribution >= 4 is 35.0 Å². The number of ether oxygens (including phenoxy) is 1. The van der Waals surface area contributed by atoms with Crippen LogP contribution in [-0.4, -0.2) is 12.2 Å². The molecule has 2 unspecified atom stereocenters. The molecule has 148 valence electrons. The second-order valence-corrected chi connectivity index (χ2v) is 9.07. The van der Waals surface area contributed by atoms with Crippen LogP contribution in [0.5, 0.6) is 0 Å². The van der Waals surface area contributed by atoms with E-state index in [1.807, 2.05) is 30.3 Å². The van der Waals surface area contributed by atoms with Crippen LogP contribution in [0, 0.1) is 17.8 Å². The van der Waals surface area contributed by atoms with Gasteiger partial charge in [-0.25, -0.2) is 4.79 Å². The van der Waals surface area contributed by atoms with Crippen LogP contribution in [0.2, 0.25) is 10.0 Å². The molecule has 2 aliphatic rings. The molecular weight excluding hydrogens is 393 g/mol. The quantitative estimate of drug-likeness (QED) is 0.563. The van der Waals surface area contributed by atoms with Crippen LogP contribution >= 0.6 is 23.2 Å². The Labute approximate surface area is 176 Å². The number of amides is 1. The Morgan fingerprint density at radius 3 is 2.39 bits per heavy atom. The molecule has 2 aromatic rings. The molecule has 0 aliphatic heterocycles. The van der Waals surface area contributed by atoms with E-state index in [1.54, 1.807) is 12.1 Å². The zero-order valence-corrected chi connectivity index (χ0v) is 17.5. The molecule has 1 amide bonds. The van der Waals surface area contributed by atoms with Gasteiger partial charge in [-0.3, -0.25) is 5.32 Å². The molecule has 0 saturated heterocycles. The molecule has 4 rings (SSSR count). The van der Waals surface area contributed by atoms with Crippen molar-refractivity contribution in [1.82, 2.24) is 0 Å². The maximum absolute atomic E-state index is 12.5. The average molecular weight is 418 g/mol. The predicted molar refractivity (Wildman–Crippen MR) is 115 cm³/mol. The predicted octanol–water partition coefficient (Wildman–Crippen LogP) is 7.42. The highest BCUT2D eigenvalue weighted by Gasteiger charge is 2.41. The molecule has 3 nitrogen and oxygen atoms in total. The van der Waals surface area contributed by atoms with Crippen molar-refractivity contribution in [2.75, 3.05) is 5.32 Å². The first kappa shape index (κ1) is 19.6. The van der Waals surface area contributed by atoms with Crippen molar-refractivity contribution in [1.29, 1.82) is 0 Å². The molecule has 2 saturated carbocycles. The molecule has 2 aliphatic carbocycles. The standard InChI is InChI=1S/C23H25Cl2NO2/c1-14-11-16-3-2-4-17(12-14)22(16)28-23(27)26-19-8-5-15(6-9-19)20-13-18(24)7-10-21(20)25/h5-10,13-14,16-17,22H,2-4,11-12H2,1H3,(H,26,27). The van der Waals surface area contributed by atoms with Crippen LogP contribution in [-0.2, 0) is 4.74 Å². The van der Waals surface area contributed by atoms with Crippen molar-refractivity contribution in [3.8, 4) is 11.1 Å². The minimum atomic E-state index is -0.356. The summed E-state index contributed by atoms with van der Waals surface area (Å²) in [4.78, 5) is 12.5. The molecule has 28 heavy (non-hydrogen) atoms. The van der Waals surface area contributed by atoms with Crippen molar-refractivity contribution in [2.24, 2.45) is 17.8 Å². The minimum Gasteiger partial charge on any atom is -0.445 e. The van der Waals surface area contributed by atoms with Gasteiger partial charge in [0.05, 0.1) is 0 Å². The number of hydrogen-bond donors (Lipinski definition) is 1. The van der Waals surface area contributed by atoms with E-state index in [2.05, 4.69) is 12.2 Å². The van der Waals surface area contributed by atoms with E-state index in [0.717, 1.165) is 17.0 Å². The van der Waals surface area contributed by atoms with Gasteiger partial charge in [0.15, 0.2) is 0 Å². The van der Waals surface area contributed by atoms with E-state index >= 15 is 0 Å². The van der Waals surface area contributed by atoms with Crippen molar-refractivity contribution < 1.29 is 9.53 Å². The fraction of sp³-hybridized carbons (Fsp3) is 0.435. The van der Waals surface area contributed by atoms with E-state index in [-0.39, 0.29) is 12.2 Å². The maximum Gasteiger partial charge on any atom is 0.411 e. The molecule has 2 atom stereocenters. The Kier molecular flexibility index (Phi) is 5.84. The van der Waals surface area contributed by atoms with Crippen LogP contribution in [0.15, 0.2) is 42.5 Å². The summed E-state index contributed by atoms with van der Waals surface area (Å²) in [6.45, 7) is 2.31. The molecule has 0 spiro atoms. The van der Waals surface area contributed by atoms with Crippen LogP contribution in [0.25, 0.3) is 11.1 Å². The largest absolute Gasteiger partial charge is 0.445 e. The second-order valence-electron chi connectivity index (χ2n) is 8.22. The van der Waals surface area contributed by atoms with E-state index in [0.29, 0.717) is 27.6 Å². The Balaban J connectivity index is 1.40. The summed E-state index contributed by atoms with van der Waals surface area (Å²) in [7, 11) is 0. The Bertz CT molecular complexity index is 838. The third-order valence-electron chi connectivity index (χ3n) is 6.10. The summed E-state index contributed by atoms with van der Waals surface area (Å²) in [5.41, 5.74) is 2.52. The van der Waals surface area contributed by atoms with Crippen LogP contribution in [0.1, 0.15) is 39.0 Å². The number of hydrogen-bond acceptors (Lipinski definition) is 2. The van der Waals surface area contributed by atoms with Crippen LogP contribution in [0.3, 0.4) is 0 Å². The summed E-state index contributed by atoms with van der Waals surface area (Å²) >= 11 is 12.3. The summed E-state index contributed by atoms with van der Waals surface area (Å²) in [6.07, 6.45) is 5.66. The van der Waals surface area contributed by atoms with Gasteiger partial charge < -0.3 is 4.74 Å². The monoisotopic (exact) mass is 417 g/mol. The average Bonchev–Trinajstić information content (AvgIpc) is 2.65. The molecule has 2 fully saturated rings. The lowest BCUT2D eigenvalue weighted by atomic mass is 9.66. The molecular formula is C23H25Cl2NO2. The molecule has 0 heterocycles. The highest BCUT2D eigenvalue weighted by molar-refractivity contribution is 6.35. The Morgan fingerprint density at radius 2 is 1.71 bits per heavy atom. The van der Waals surface area contributed by atoms with Crippen molar-refractivity contribution in [3.63, 3.8) is 0 Å². The van der Waals surface area contributed by atoms with Crippen LogP contribution < -0.4 is 5.32 Å². The lowest BCUT2D eigenvalue weighted by Crippen LogP contribution is -2.43. The highest BCUT2D eigenvalue weighted by Crippen LogP contribution is 2.44. The van der Waals surface area contributed by atoms with Gasteiger partial charge in [-0.15, -0.1) is 0 Å². The maximum atomic E-state index is 12.5. The second kappa shape index (κ2) is 8.34. The molecule has 0 aromatic heterocycles. The van der Waals surface area contributed by atoms with Gasteiger partial charge >= 0.3 is 6.09 Å². The molecule has 2 aromatic carbocycles. The third-order valence-corrected chi connectivity index (χ3v) is 6.67. The van der Waals surface area contributed by atoms with Crippen molar-refractivity contribution in [2.45, 2.75) is 45.1 Å². The van der Waals surface area contributed by atoms with Gasteiger partial charge in [0.2, 0.25) is 0 Å². The number of fused-ring (bicyclic) bond motifs is 2. The fourth-order valence-corrected chi connectivity index (χ4v) is 5.30. The smallest absolute Gasteiger partial charge is 0.411 e. The number of nitrogens with one attached hydrogen (secondary N) is 1. The molecule has 1 N–H and O–H groups in total. The van der Waals surface area contributed by atoms with Gasteiger partial charge in [0, 0.05) is 21.3 Å². The topological polar surface area (TPSA) is 38.3 Å². The van der Waals surface area contributed by atoms with Gasteiger partial charge in [0.25, 0.3) is 0 Å². The molecule has 0 radical (unpaired) electrons. The van der Waals surface area contributed by atoms with Gasteiger partial charge in [-0.1, -0.05) is 48.7 Å². The number of halogens is 2. The first-order valence-corrected chi connectivity index (χ1v) is 10.8. The first-order chi connectivity index (χ1) is 13.5. The lowest BCUT2D eigenvalue weighted by Gasteiger charge is -2.44. The zero-order valence-electron chi connectivity index (χ0n) is 16.0. The highest BCUT2D eigenvalue weighted by atomic mass is 35.5.